The zero-order valence-electron chi connectivity index (χ0n) is 11.7. The summed E-state index contributed by atoms with van der Waals surface area (Å²) in [6.07, 6.45) is 2.28. The molecule has 5 nitrogen and oxygen atoms in total. The molecule has 1 saturated heterocycles. The first-order valence-corrected chi connectivity index (χ1v) is 7.16. The molecule has 0 saturated carbocycles. The van der Waals surface area contributed by atoms with Crippen LogP contribution >= 0.6 is 11.6 Å². The highest BCUT2D eigenvalue weighted by Crippen LogP contribution is 2.29. The predicted octanol–water partition coefficient (Wildman–Crippen LogP) is 1.77. The Bertz CT molecular complexity index is 498. The molecular weight excluding hydrogens is 276 g/mol. The van der Waals surface area contributed by atoms with Crippen LogP contribution in [0.5, 0.6) is 0 Å². The second-order valence-electron chi connectivity index (χ2n) is 5.42. The van der Waals surface area contributed by atoms with E-state index in [4.69, 9.17) is 23.1 Å². The van der Waals surface area contributed by atoms with E-state index in [0.29, 0.717) is 27.9 Å². The Labute approximate surface area is 124 Å². The van der Waals surface area contributed by atoms with E-state index in [2.05, 4.69) is 17.3 Å². The van der Waals surface area contributed by atoms with Gasteiger partial charge in [0.05, 0.1) is 16.3 Å². The fraction of sp³-hybridized carbons (Fsp3) is 0.500. The van der Waals surface area contributed by atoms with Crippen LogP contribution < -0.4 is 16.8 Å². The van der Waals surface area contributed by atoms with E-state index in [0.717, 1.165) is 32.5 Å². The fourth-order valence-electron chi connectivity index (χ4n) is 2.51. The van der Waals surface area contributed by atoms with E-state index in [1.165, 1.54) is 0 Å². The van der Waals surface area contributed by atoms with Crippen LogP contribution in [0.4, 0.5) is 11.4 Å². The molecule has 1 aromatic carbocycles. The second kappa shape index (κ2) is 6.33. The van der Waals surface area contributed by atoms with Gasteiger partial charge in [-0.3, -0.25) is 4.79 Å². The van der Waals surface area contributed by atoms with E-state index in [9.17, 15) is 4.79 Å². The number of nitrogen functional groups attached to an aromatic ring is 1. The Morgan fingerprint density at radius 3 is 2.70 bits per heavy atom. The number of amides is 1. The molecule has 0 bridgehead atoms. The van der Waals surface area contributed by atoms with Crippen molar-refractivity contribution in [2.75, 3.05) is 37.7 Å². The topological polar surface area (TPSA) is 84.4 Å². The Morgan fingerprint density at radius 1 is 1.45 bits per heavy atom. The number of nitrogens with one attached hydrogen (secondary N) is 1. The van der Waals surface area contributed by atoms with Crippen LogP contribution in [0, 0.1) is 5.92 Å². The number of benzene rings is 1. The average Bonchev–Trinajstić information content (AvgIpc) is 2.38. The molecule has 0 aliphatic carbocycles. The number of primary amides is 1. The lowest BCUT2D eigenvalue weighted by Crippen LogP contribution is -2.33. The van der Waals surface area contributed by atoms with Crippen molar-refractivity contribution in [1.82, 2.24) is 4.90 Å². The van der Waals surface area contributed by atoms with Gasteiger partial charge in [0.15, 0.2) is 0 Å². The molecule has 0 atom stereocenters. The van der Waals surface area contributed by atoms with E-state index in [-0.39, 0.29) is 0 Å². The van der Waals surface area contributed by atoms with Crippen LogP contribution in [-0.2, 0) is 0 Å². The zero-order valence-corrected chi connectivity index (χ0v) is 12.4. The van der Waals surface area contributed by atoms with Gasteiger partial charge in [-0.15, -0.1) is 0 Å². The molecule has 5 N–H and O–H groups in total. The number of hydrogen-bond acceptors (Lipinski definition) is 4. The molecule has 1 amide bonds. The third-order valence-electron chi connectivity index (χ3n) is 3.78. The molecule has 0 spiro atoms. The molecule has 1 aliphatic heterocycles. The van der Waals surface area contributed by atoms with Crippen molar-refractivity contribution in [2.45, 2.75) is 12.8 Å². The summed E-state index contributed by atoms with van der Waals surface area (Å²) in [6, 6.07) is 3.19. The minimum absolute atomic E-state index is 0.350. The molecule has 20 heavy (non-hydrogen) atoms. The molecule has 0 unspecified atom stereocenters. The fourth-order valence-corrected chi connectivity index (χ4v) is 2.81. The van der Waals surface area contributed by atoms with Crippen LogP contribution in [0.3, 0.4) is 0 Å². The monoisotopic (exact) mass is 296 g/mol. The van der Waals surface area contributed by atoms with Crippen LogP contribution in [-0.4, -0.2) is 37.5 Å². The van der Waals surface area contributed by atoms with Crippen molar-refractivity contribution in [3.05, 3.63) is 22.7 Å². The van der Waals surface area contributed by atoms with Crippen molar-refractivity contribution < 1.29 is 4.79 Å². The molecule has 1 fully saturated rings. The summed E-state index contributed by atoms with van der Waals surface area (Å²) in [4.78, 5) is 13.8. The van der Waals surface area contributed by atoms with Crippen molar-refractivity contribution in [2.24, 2.45) is 11.7 Å². The summed E-state index contributed by atoms with van der Waals surface area (Å²) in [7, 11) is 2.13. The van der Waals surface area contributed by atoms with E-state index in [1.54, 1.807) is 12.1 Å². The summed E-state index contributed by atoms with van der Waals surface area (Å²) in [5, 5.41) is 3.70. The highest BCUT2D eigenvalue weighted by atomic mass is 35.5. The number of hydrogen-bond donors (Lipinski definition) is 3. The predicted molar refractivity (Wildman–Crippen MR) is 83.1 cm³/mol. The minimum atomic E-state index is -0.523. The van der Waals surface area contributed by atoms with Gasteiger partial charge in [-0.1, -0.05) is 11.6 Å². The number of anilines is 2. The van der Waals surface area contributed by atoms with Gasteiger partial charge in [0.1, 0.15) is 0 Å². The molecule has 6 heteroatoms. The quantitative estimate of drug-likeness (QED) is 0.739. The molecule has 1 heterocycles. The van der Waals surface area contributed by atoms with Crippen LogP contribution in [0.2, 0.25) is 5.02 Å². The Morgan fingerprint density at radius 2 is 2.10 bits per heavy atom. The van der Waals surface area contributed by atoms with Gasteiger partial charge in [0.25, 0.3) is 5.91 Å². The summed E-state index contributed by atoms with van der Waals surface area (Å²) in [6.45, 7) is 2.99. The van der Waals surface area contributed by atoms with Crippen molar-refractivity contribution in [1.29, 1.82) is 0 Å². The number of nitrogens with two attached hydrogens (primary N) is 2. The number of nitrogens with zero attached hydrogens (tertiary/aromatic N) is 1. The first-order valence-electron chi connectivity index (χ1n) is 6.78. The smallest absolute Gasteiger partial charge is 0.250 e. The van der Waals surface area contributed by atoms with E-state index < -0.39 is 5.91 Å². The standard InChI is InChI=1S/C14H21ClN4O/c1-19-4-2-9(3-5-19)8-18-13-11(14(17)20)6-10(16)7-12(13)15/h6-7,9,18H,2-5,8,16H2,1H3,(H2,17,20). The molecule has 1 aliphatic rings. The normalized spacial score (nSPS) is 17.1. The maximum atomic E-state index is 11.5. The number of rotatable bonds is 4. The Balaban J connectivity index is 2.07. The first kappa shape index (κ1) is 14.9. The minimum Gasteiger partial charge on any atom is -0.399 e. The molecular formula is C14H21ClN4O. The number of carbonyl (C=O) groups is 1. The SMILES string of the molecule is CN1CCC(CNc2c(Cl)cc(N)cc2C(N)=O)CC1. The van der Waals surface area contributed by atoms with Gasteiger partial charge in [-0.2, -0.15) is 0 Å². The lowest BCUT2D eigenvalue weighted by molar-refractivity contribution is 0.100. The van der Waals surface area contributed by atoms with Crippen molar-refractivity contribution in [3.63, 3.8) is 0 Å². The van der Waals surface area contributed by atoms with Crippen LogP contribution in [0.25, 0.3) is 0 Å². The van der Waals surface area contributed by atoms with Crippen molar-refractivity contribution >= 4 is 28.9 Å². The lowest BCUT2D eigenvalue weighted by Gasteiger charge is -2.29. The number of piperidine rings is 1. The van der Waals surface area contributed by atoms with Crippen LogP contribution in [0.1, 0.15) is 23.2 Å². The zero-order chi connectivity index (χ0) is 14.7. The van der Waals surface area contributed by atoms with E-state index in [1.807, 2.05) is 0 Å². The summed E-state index contributed by atoms with van der Waals surface area (Å²) in [5.41, 5.74) is 12.5. The molecule has 2 rings (SSSR count). The van der Waals surface area contributed by atoms with Gasteiger partial charge in [0, 0.05) is 12.2 Å². The Kier molecular flexibility index (Phi) is 4.73. The number of likely N-dealkylation sites (tertiary alicyclic amines) is 1. The highest BCUT2D eigenvalue weighted by Gasteiger charge is 2.18. The molecule has 0 radical (unpaired) electrons. The third-order valence-corrected chi connectivity index (χ3v) is 4.08. The highest BCUT2D eigenvalue weighted by molar-refractivity contribution is 6.34. The first-order chi connectivity index (χ1) is 9.47. The van der Waals surface area contributed by atoms with Gasteiger partial charge in [0.2, 0.25) is 0 Å². The molecule has 110 valence electrons. The van der Waals surface area contributed by atoms with Gasteiger partial charge >= 0.3 is 0 Å². The van der Waals surface area contributed by atoms with E-state index >= 15 is 0 Å². The van der Waals surface area contributed by atoms with Crippen molar-refractivity contribution in [3.8, 4) is 0 Å². The number of carbonyl (C=O) groups excluding carboxylic acids is 1. The van der Waals surface area contributed by atoms with Gasteiger partial charge in [-0.05, 0) is 51.0 Å². The maximum absolute atomic E-state index is 11.5. The Hall–Kier alpha value is -1.46. The summed E-state index contributed by atoms with van der Waals surface area (Å²) >= 11 is 6.16. The third kappa shape index (κ3) is 3.55. The number of halogens is 1. The second-order valence-corrected chi connectivity index (χ2v) is 5.82. The summed E-state index contributed by atoms with van der Waals surface area (Å²) < 4.78 is 0. The molecule has 0 aromatic heterocycles. The molecule has 1 aromatic rings. The maximum Gasteiger partial charge on any atom is 0.250 e. The largest absolute Gasteiger partial charge is 0.399 e. The van der Waals surface area contributed by atoms with Gasteiger partial charge in [-0.25, -0.2) is 0 Å². The van der Waals surface area contributed by atoms with Crippen LogP contribution in [0.15, 0.2) is 12.1 Å². The summed E-state index contributed by atoms with van der Waals surface area (Å²) in [5.74, 6) is 0.0608. The lowest BCUT2D eigenvalue weighted by atomic mass is 9.97. The van der Waals surface area contributed by atoms with Gasteiger partial charge < -0.3 is 21.7 Å². The average molecular weight is 297 g/mol.